The third kappa shape index (κ3) is 3.95. The van der Waals surface area contributed by atoms with E-state index in [0.717, 1.165) is 42.7 Å². The number of nitriles is 1. The SMILES string of the molecule is COc1ccc2c(c1)[C@]1(C[C@H]1C1CCC3C(C1)NNC3Nc1nc(C#N)nc(N3CCOCC3)c1OC)C(=O)N2. The number of hydrogen-bond donors (Lipinski definition) is 4. The average Bonchev–Trinajstić information content (AvgIpc) is 3.55. The highest BCUT2D eigenvalue weighted by atomic mass is 16.5. The van der Waals surface area contributed by atoms with E-state index in [0.29, 0.717) is 61.4 Å². The Hall–Kier alpha value is -3.66. The predicted octanol–water partition coefficient (Wildman–Crippen LogP) is 1.74. The fourth-order valence-corrected chi connectivity index (χ4v) is 7.43. The zero-order valence-corrected chi connectivity index (χ0v) is 22.7. The summed E-state index contributed by atoms with van der Waals surface area (Å²) in [6.45, 7) is 2.54. The van der Waals surface area contributed by atoms with Gasteiger partial charge in [0.1, 0.15) is 11.8 Å². The van der Waals surface area contributed by atoms with Crippen LogP contribution in [-0.2, 0) is 14.9 Å². The molecule has 0 radical (unpaired) electrons. The normalized spacial score (nSPS) is 32.2. The standard InChI is InChI=1S/C28H34N8O4/c1-38-16-4-6-20-18(12-16)28(27(37)30-20)13-19(28)15-3-5-17-21(11-15)34-35-24(17)33-25-23(39-2)26(32-22(14-29)31-25)36-7-9-40-10-8-36/h4,6,12,15,17,19,21,24,34-35H,3,5,7-11,13H2,1-2H3,(H,30,37)(H,31,32,33)/t15?,17?,19-,21?,24?,28-/m0/s1. The number of ether oxygens (including phenoxy) is 3. The molecule has 0 bridgehead atoms. The number of fused-ring (bicyclic) bond motifs is 3. The number of nitrogens with zero attached hydrogens (tertiary/aromatic N) is 4. The van der Waals surface area contributed by atoms with Crippen molar-refractivity contribution in [1.29, 1.82) is 5.26 Å². The predicted molar refractivity (Wildman–Crippen MR) is 146 cm³/mol. The van der Waals surface area contributed by atoms with E-state index in [9.17, 15) is 10.1 Å². The zero-order chi connectivity index (χ0) is 27.4. The number of hydrogen-bond acceptors (Lipinski definition) is 11. The van der Waals surface area contributed by atoms with E-state index in [1.807, 2.05) is 18.2 Å². The van der Waals surface area contributed by atoms with Crippen LogP contribution in [0.25, 0.3) is 0 Å². The van der Waals surface area contributed by atoms with Crippen molar-refractivity contribution >= 4 is 23.2 Å². The number of rotatable bonds is 6. The fraction of sp³-hybridized carbons (Fsp3) is 0.571. The van der Waals surface area contributed by atoms with E-state index in [1.165, 1.54) is 0 Å². The maximum atomic E-state index is 13.2. The average molecular weight is 547 g/mol. The van der Waals surface area contributed by atoms with E-state index in [2.05, 4.69) is 42.4 Å². The number of carbonyl (C=O) groups excluding carboxylic acids is 1. The van der Waals surface area contributed by atoms with Crippen molar-refractivity contribution in [2.75, 3.05) is 56.1 Å². The quantitative estimate of drug-likeness (QED) is 0.420. The molecule has 4 unspecified atom stereocenters. The van der Waals surface area contributed by atoms with Crippen molar-refractivity contribution in [3.8, 4) is 17.6 Å². The van der Waals surface area contributed by atoms with Gasteiger partial charge in [-0.05, 0) is 61.3 Å². The maximum absolute atomic E-state index is 13.2. The van der Waals surface area contributed by atoms with Crippen LogP contribution in [0.5, 0.6) is 11.5 Å². The lowest BCUT2D eigenvalue weighted by Crippen LogP contribution is -2.40. The fourth-order valence-electron chi connectivity index (χ4n) is 7.43. The van der Waals surface area contributed by atoms with E-state index < -0.39 is 5.41 Å². The van der Waals surface area contributed by atoms with Crippen LogP contribution >= 0.6 is 0 Å². The molecule has 4 fully saturated rings. The summed E-state index contributed by atoms with van der Waals surface area (Å²) < 4.78 is 16.7. The van der Waals surface area contributed by atoms with Gasteiger partial charge in [-0.2, -0.15) is 15.2 Å². The van der Waals surface area contributed by atoms with Gasteiger partial charge in [-0.15, -0.1) is 0 Å². The molecule has 2 aromatic rings. The van der Waals surface area contributed by atoms with Gasteiger partial charge in [-0.1, -0.05) is 0 Å². The first kappa shape index (κ1) is 25.3. The molecule has 2 saturated heterocycles. The van der Waals surface area contributed by atoms with E-state index in [1.54, 1.807) is 14.2 Å². The Morgan fingerprint density at radius 3 is 2.80 bits per heavy atom. The van der Waals surface area contributed by atoms with Crippen LogP contribution in [-0.4, -0.2) is 68.6 Å². The van der Waals surface area contributed by atoms with Gasteiger partial charge in [0, 0.05) is 30.7 Å². The topological polar surface area (TPSA) is 146 Å². The van der Waals surface area contributed by atoms with Crippen LogP contribution in [0.15, 0.2) is 18.2 Å². The Bertz CT molecular complexity index is 1370. The molecule has 1 amide bonds. The zero-order valence-electron chi connectivity index (χ0n) is 22.7. The number of aromatic nitrogens is 2. The van der Waals surface area contributed by atoms with Crippen LogP contribution in [0.2, 0.25) is 0 Å². The molecule has 1 spiro atoms. The Kier molecular flexibility index (Phi) is 6.18. The lowest BCUT2D eigenvalue weighted by molar-refractivity contribution is -0.118. The minimum Gasteiger partial charge on any atom is -0.497 e. The summed E-state index contributed by atoms with van der Waals surface area (Å²) in [5.41, 5.74) is 8.50. The molecular weight excluding hydrogens is 512 g/mol. The Labute approximate surface area is 232 Å². The molecule has 12 nitrogen and oxygen atoms in total. The molecule has 4 N–H and O–H groups in total. The highest BCUT2D eigenvalue weighted by molar-refractivity contribution is 6.09. The highest BCUT2D eigenvalue weighted by Crippen LogP contribution is 2.65. The first-order chi connectivity index (χ1) is 19.5. The maximum Gasteiger partial charge on any atom is 0.236 e. The molecule has 40 heavy (non-hydrogen) atoms. The molecule has 12 heteroatoms. The smallest absolute Gasteiger partial charge is 0.236 e. The largest absolute Gasteiger partial charge is 0.497 e. The minimum atomic E-state index is -0.428. The van der Waals surface area contributed by atoms with Crippen LogP contribution in [0, 0.1) is 29.1 Å². The number of morpholine rings is 1. The first-order valence-corrected chi connectivity index (χ1v) is 14.0. The van der Waals surface area contributed by atoms with Crippen molar-refractivity contribution in [2.24, 2.45) is 17.8 Å². The van der Waals surface area contributed by atoms with Crippen LogP contribution in [0.3, 0.4) is 0 Å². The van der Waals surface area contributed by atoms with Crippen LogP contribution < -0.4 is 35.9 Å². The van der Waals surface area contributed by atoms with E-state index >= 15 is 0 Å². The van der Waals surface area contributed by atoms with Gasteiger partial charge in [-0.3, -0.25) is 10.2 Å². The molecular formula is C28H34N8O4. The molecule has 2 aliphatic carbocycles. The monoisotopic (exact) mass is 546 g/mol. The molecule has 1 aromatic heterocycles. The number of nitrogens with one attached hydrogen (secondary N) is 4. The molecule has 7 rings (SSSR count). The third-order valence-corrected chi connectivity index (χ3v) is 9.50. The second-order valence-electron chi connectivity index (χ2n) is 11.4. The Morgan fingerprint density at radius 1 is 1.18 bits per heavy atom. The lowest BCUT2D eigenvalue weighted by atomic mass is 9.74. The summed E-state index contributed by atoms with van der Waals surface area (Å²) in [6, 6.07) is 8.24. The van der Waals surface area contributed by atoms with Crippen LogP contribution in [0.1, 0.15) is 37.1 Å². The van der Waals surface area contributed by atoms with Gasteiger partial charge >= 0.3 is 0 Å². The number of benzene rings is 1. The van der Waals surface area contributed by atoms with Gasteiger partial charge in [0.15, 0.2) is 11.6 Å². The second kappa shape index (κ2) is 9.76. The summed E-state index contributed by atoms with van der Waals surface area (Å²) in [7, 11) is 3.27. The number of hydrazine groups is 1. The van der Waals surface area contributed by atoms with Crippen molar-refractivity contribution in [2.45, 2.75) is 43.3 Å². The highest BCUT2D eigenvalue weighted by Gasteiger charge is 2.67. The minimum absolute atomic E-state index is 0.0910. The second-order valence-corrected chi connectivity index (χ2v) is 11.4. The first-order valence-electron chi connectivity index (χ1n) is 14.0. The van der Waals surface area contributed by atoms with Gasteiger partial charge in [0.05, 0.1) is 39.0 Å². The number of anilines is 3. The Balaban J connectivity index is 1.07. The molecule has 1 aromatic carbocycles. The summed E-state index contributed by atoms with van der Waals surface area (Å²) >= 11 is 0. The van der Waals surface area contributed by atoms with Crippen LogP contribution in [0.4, 0.5) is 17.3 Å². The number of carbonyl (C=O) groups is 1. The van der Waals surface area contributed by atoms with E-state index in [4.69, 9.17) is 14.2 Å². The Morgan fingerprint density at radius 2 is 2.02 bits per heavy atom. The van der Waals surface area contributed by atoms with Gasteiger partial charge in [-0.25, -0.2) is 5.43 Å². The van der Waals surface area contributed by atoms with Crippen molar-refractivity contribution in [3.05, 3.63) is 29.6 Å². The number of methoxy groups -OCH3 is 2. The molecule has 210 valence electrons. The number of amides is 1. The molecule has 6 atom stereocenters. The molecule has 4 heterocycles. The van der Waals surface area contributed by atoms with E-state index in [-0.39, 0.29) is 23.9 Å². The summed E-state index contributed by atoms with van der Waals surface area (Å²) in [4.78, 5) is 24.2. The van der Waals surface area contributed by atoms with Crippen molar-refractivity contribution < 1.29 is 19.0 Å². The van der Waals surface area contributed by atoms with Crippen molar-refractivity contribution in [3.63, 3.8) is 0 Å². The summed E-state index contributed by atoms with van der Waals surface area (Å²) in [6.07, 6.45) is 3.83. The summed E-state index contributed by atoms with van der Waals surface area (Å²) in [5, 5.41) is 16.3. The molecule has 2 saturated carbocycles. The van der Waals surface area contributed by atoms with Gasteiger partial charge < -0.3 is 29.7 Å². The lowest BCUT2D eigenvalue weighted by Gasteiger charge is -2.34. The van der Waals surface area contributed by atoms with Gasteiger partial charge in [0.25, 0.3) is 0 Å². The third-order valence-electron chi connectivity index (χ3n) is 9.50. The van der Waals surface area contributed by atoms with Crippen molar-refractivity contribution in [1.82, 2.24) is 20.8 Å². The van der Waals surface area contributed by atoms with Gasteiger partial charge in [0.2, 0.25) is 17.5 Å². The molecule has 5 aliphatic rings. The summed E-state index contributed by atoms with van der Waals surface area (Å²) in [5.74, 6) is 3.74. The molecule has 3 aliphatic heterocycles.